The van der Waals surface area contributed by atoms with Gasteiger partial charge >= 0.3 is 0 Å². The molecule has 142 valence electrons. The maximum absolute atomic E-state index is 11.4. The molecule has 2 aliphatic rings. The highest BCUT2D eigenvalue weighted by Gasteiger charge is 2.26. The van der Waals surface area contributed by atoms with Crippen LogP contribution in [0.3, 0.4) is 0 Å². The molecule has 0 aromatic heterocycles. The molecular formula is C18H26N4O4. The molecule has 2 fully saturated rings. The van der Waals surface area contributed by atoms with Crippen molar-refractivity contribution in [3.63, 3.8) is 0 Å². The summed E-state index contributed by atoms with van der Waals surface area (Å²) < 4.78 is 0. The summed E-state index contributed by atoms with van der Waals surface area (Å²) in [6, 6.07) is 3.94. The first kappa shape index (κ1) is 18.6. The molecule has 0 bridgehead atoms. The van der Waals surface area contributed by atoms with E-state index in [0.717, 1.165) is 44.6 Å². The second-order valence-corrected chi connectivity index (χ2v) is 7.33. The molecule has 26 heavy (non-hydrogen) atoms. The minimum Gasteiger partial charge on any atom is -0.365 e. The van der Waals surface area contributed by atoms with Gasteiger partial charge in [-0.2, -0.15) is 0 Å². The summed E-state index contributed by atoms with van der Waals surface area (Å²) >= 11 is 0. The van der Waals surface area contributed by atoms with E-state index in [1.807, 2.05) is 4.90 Å². The Kier molecular flexibility index (Phi) is 6.03. The van der Waals surface area contributed by atoms with Gasteiger partial charge < -0.3 is 9.80 Å². The summed E-state index contributed by atoms with van der Waals surface area (Å²) in [6.07, 6.45) is 7.59. The zero-order chi connectivity index (χ0) is 18.5. The van der Waals surface area contributed by atoms with E-state index >= 15 is 0 Å². The molecule has 0 spiro atoms. The molecule has 1 saturated carbocycles. The quantitative estimate of drug-likeness (QED) is 0.587. The first-order valence-electron chi connectivity index (χ1n) is 9.45. The molecule has 1 aromatic carbocycles. The zero-order valence-electron chi connectivity index (χ0n) is 15.0. The van der Waals surface area contributed by atoms with Gasteiger partial charge in [0.05, 0.1) is 15.9 Å². The van der Waals surface area contributed by atoms with Gasteiger partial charge in [0.15, 0.2) is 0 Å². The second-order valence-electron chi connectivity index (χ2n) is 7.33. The highest BCUT2D eigenvalue weighted by atomic mass is 16.6. The van der Waals surface area contributed by atoms with Crippen molar-refractivity contribution >= 4 is 17.1 Å². The molecule has 0 amide bonds. The third kappa shape index (κ3) is 4.49. The SMILES string of the molecule is O=[N+]([O-])c1ccc(N2CCCN(CC3CCCCC3)CC2)c([N+](=O)[O-])c1. The fourth-order valence-corrected chi connectivity index (χ4v) is 4.17. The van der Waals surface area contributed by atoms with Crippen LogP contribution in [0.2, 0.25) is 0 Å². The fourth-order valence-electron chi connectivity index (χ4n) is 4.17. The van der Waals surface area contributed by atoms with E-state index in [0.29, 0.717) is 12.2 Å². The van der Waals surface area contributed by atoms with E-state index in [9.17, 15) is 20.2 Å². The molecule has 0 radical (unpaired) electrons. The van der Waals surface area contributed by atoms with Crippen LogP contribution in [0.25, 0.3) is 0 Å². The number of non-ortho nitro benzene ring substituents is 1. The predicted molar refractivity (Wildman–Crippen MR) is 99.6 cm³/mol. The summed E-state index contributed by atoms with van der Waals surface area (Å²) in [4.78, 5) is 25.7. The number of nitro groups is 2. The Hall–Kier alpha value is -2.22. The number of rotatable bonds is 5. The molecule has 8 nitrogen and oxygen atoms in total. The third-order valence-electron chi connectivity index (χ3n) is 5.54. The number of benzene rings is 1. The Labute approximate surface area is 153 Å². The topological polar surface area (TPSA) is 92.8 Å². The van der Waals surface area contributed by atoms with Crippen LogP contribution in [0.1, 0.15) is 38.5 Å². The van der Waals surface area contributed by atoms with E-state index in [1.165, 1.54) is 44.2 Å². The lowest BCUT2D eigenvalue weighted by Crippen LogP contribution is -2.34. The largest absolute Gasteiger partial charge is 0.365 e. The lowest BCUT2D eigenvalue weighted by Gasteiger charge is -2.29. The Morgan fingerprint density at radius 2 is 1.69 bits per heavy atom. The summed E-state index contributed by atoms with van der Waals surface area (Å²) in [7, 11) is 0. The molecule has 0 N–H and O–H groups in total. The van der Waals surface area contributed by atoms with Gasteiger partial charge in [0.1, 0.15) is 5.69 Å². The molecule has 1 heterocycles. The molecule has 0 unspecified atom stereocenters. The highest BCUT2D eigenvalue weighted by Crippen LogP contribution is 2.33. The lowest BCUT2D eigenvalue weighted by molar-refractivity contribution is -0.393. The van der Waals surface area contributed by atoms with Crippen LogP contribution in [-0.2, 0) is 0 Å². The predicted octanol–water partition coefficient (Wildman–Crippen LogP) is 3.60. The van der Waals surface area contributed by atoms with Crippen LogP contribution >= 0.6 is 0 Å². The minimum atomic E-state index is -0.592. The number of anilines is 1. The van der Waals surface area contributed by atoms with E-state index < -0.39 is 9.85 Å². The van der Waals surface area contributed by atoms with Crippen LogP contribution in [0.15, 0.2) is 18.2 Å². The van der Waals surface area contributed by atoms with Gasteiger partial charge in [0.25, 0.3) is 11.4 Å². The highest BCUT2D eigenvalue weighted by molar-refractivity contribution is 5.66. The molecule has 0 atom stereocenters. The van der Waals surface area contributed by atoms with Gasteiger partial charge in [0, 0.05) is 32.2 Å². The van der Waals surface area contributed by atoms with E-state index in [4.69, 9.17) is 0 Å². The van der Waals surface area contributed by atoms with Crippen molar-refractivity contribution in [1.29, 1.82) is 0 Å². The van der Waals surface area contributed by atoms with Crippen LogP contribution in [0.5, 0.6) is 0 Å². The van der Waals surface area contributed by atoms with Crippen LogP contribution in [-0.4, -0.2) is 47.5 Å². The maximum Gasteiger partial charge on any atom is 0.299 e. The van der Waals surface area contributed by atoms with Gasteiger partial charge in [-0.3, -0.25) is 20.2 Å². The molecule has 1 aromatic rings. The van der Waals surface area contributed by atoms with Gasteiger partial charge in [-0.15, -0.1) is 0 Å². The van der Waals surface area contributed by atoms with Crippen LogP contribution in [0, 0.1) is 26.1 Å². The van der Waals surface area contributed by atoms with Crippen molar-refractivity contribution in [3.05, 3.63) is 38.4 Å². The Morgan fingerprint density at radius 1 is 0.923 bits per heavy atom. The Morgan fingerprint density at radius 3 is 2.38 bits per heavy atom. The van der Waals surface area contributed by atoms with Crippen LogP contribution < -0.4 is 4.90 Å². The molecule has 3 rings (SSSR count). The summed E-state index contributed by atoms with van der Waals surface area (Å²) in [6.45, 7) is 4.46. The van der Waals surface area contributed by atoms with E-state index in [2.05, 4.69) is 4.90 Å². The minimum absolute atomic E-state index is 0.181. The van der Waals surface area contributed by atoms with Crippen molar-refractivity contribution < 1.29 is 9.85 Å². The number of nitrogens with zero attached hydrogens (tertiary/aromatic N) is 4. The summed E-state index contributed by atoms with van der Waals surface area (Å²) in [5.41, 5.74) is 0.0641. The van der Waals surface area contributed by atoms with Crippen LogP contribution in [0.4, 0.5) is 17.1 Å². The van der Waals surface area contributed by atoms with E-state index in [1.54, 1.807) is 0 Å². The van der Waals surface area contributed by atoms with Gasteiger partial charge in [-0.1, -0.05) is 19.3 Å². The normalized spacial score (nSPS) is 19.9. The monoisotopic (exact) mass is 362 g/mol. The number of hydrogen-bond donors (Lipinski definition) is 0. The lowest BCUT2D eigenvalue weighted by atomic mass is 9.89. The van der Waals surface area contributed by atoms with Gasteiger partial charge in [-0.25, -0.2) is 0 Å². The van der Waals surface area contributed by atoms with Gasteiger partial charge in [-0.05, 0) is 37.8 Å². The van der Waals surface area contributed by atoms with Gasteiger partial charge in [0.2, 0.25) is 0 Å². The molecule has 8 heteroatoms. The Bertz CT molecular complexity index is 661. The molecular weight excluding hydrogens is 336 g/mol. The van der Waals surface area contributed by atoms with Crippen molar-refractivity contribution in [1.82, 2.24) is 4.90 Å². The van der Waals surface area contributed by atoms with Crippen molar-refractivity contribution in [2.45, 2.75) is 38.5 Å². The fraction of sp³-hybridized carbons (Fsp3) is 0.667. The summed E-state index contributed by atoms with van der Waals surface area (Å²) in [5, 5.41) is 22.3. The number of nitro benzene ring substituents is 2. The standard InChI is InChI=1S/C18H26N4O4/c23-21(24)16-7-8-17(18(13-16)22(25)26)20-10-4-9-19(11-12-20)14-15-5-2-1-3-6-15/h7-8,13,15H,1-6,9-12,14H2. The Balaban J connectivity index is 1.68. The second kappa shape index (κ2) is 8.44. The average Bonchev–Trinajstić information content (AvgIpc) is 2.87. The van der Waals surface area contributed by atoms with Crippen molar-refractivity contribution in [2.24, 2.45) is 5.92 Å². The third-order valence-corrected chi connectivity index (χ3v) is 5.54. The molecule has 1 aliphatic heterocycles. The molecule has 1 saturated heterocycles. The first-order valence-corrected chi connectivity index (χ1v) is 9.45. The first-order chi connectivity index (χ1) is 12.5. The number of hydrogen-bond acceptors (Lipinski definition) is 6. The zero-order valence-corrected chi connectivity index (χ0v) is 15.0. The van der Waals surface area contributed by atoms with Crippen molar-refractivity contribution in [3.8, 4) is 0 Å². The molecule has 1 aliphatic carbocycles. The maximum atomic E-state index is 11.4. The smallest absolute Gasteiger partial charge is 0.299 e. The van der Waals surface area contributed by atoms with E-state index in [-0.39, 0.29) is 11.4 Å². The summed E-state index contributed by atoms with van der Waals surface area (Å²) in [5.74, 6) is 0.781. The van der Waals surface area contributed by atoms with Crippen molar-refractivity contribution in [2.75, 3.05) is 37.6 Å². The average molecular weight is 362 g/mol.